The van der Waals surface area contributed by atoms with Crippen molar-refractivity contribution in [3.05, 3.63) is 70.7 Å². The molecule has 13 heteroatoms. The number of halogens is 2. The van der Waals surface area contributed by atoms with Gasteiger partial charge in [0.25, 0.3) is 0 Å². The van der Waals surface area contributed by atoms with Gasteiger partial charge >= 0.3 is 6.09 Å². The molecule has 0 bridgehead atoms. The van der Waals surface area contributed by atoms with E-state index in [1.807, 2.05) is 82.1 Å². The SMILES string of the molecule is COCCOc1cc(F)cc(F)c1-c1c(-c2cc3n(n2)[C@@H](C)CN(C(=O)OC(C)(C)C)[C@@H]3C)nc(-c2ccc3c(c2)nc(C)n3C)c2c1C(O)CC2. The molecular formula is C39H44F2N6O5. The van der Waals surface area contributed by atoms with E-state index in [4.69, 9.17) is 29.3 Å². The van der Waals surface area contributed by atoms with Crippen LogP contribution < -0.4 is 4.74 Å². The predicted octanol–water partition coefficient (Wildman–Crippen LogP) is 7.63. The highest BCUT2D eigenvalue weighted by molar-refractivity contribution is 5.91. The Kier molecular flexibility index (Phi) is 9.06. The van der Waals surface area contributed by atoms with Gasteiger partial charge in [0.1, 0.15) is 41.1 Å². The molecule has 0 saturated carbocycles. The summed E-state index contributed by atoms with van der Waals surface area (Å²) in [6, 6.07) is 9.07. The zero-order valence-electron chi connectivity index (χ0n) is 30.8. The first-order valence-electron chi connectivity index (χ1n) is 17.6. The van der Waals surface area contributed by atoms with E-state index < -0.39 is 35.5 Å². The summed E-state index contributed by atoms with van der Waals surface area (Å²) in [7, 11) is 3.47. The van der Waals surface area contributed by atoms with E-state index in [0.717, 1.165) is 45.8 Å². The first-order valence-corrected chi connectivity index (χ1v) is 17.6. The molecule has 7 rings (SSSR count). The van der Waals surface area contributed by atoms with Crippen LogP contribution in [0.1, 0.15) is 81.9 Å². The lowest BCUT2D eigenvalue weighted by atomic mass is 9.90. The molecule has 0 radical (unpaired) electrons. The van der Waals surface area contributed by atoms with Gasteiger partial charge in [-0.05, 0) is 83.7 Å². The quantitative estimate of drug-likeness (QED) is 0.171. The predicted molar refractivity (Wildman–Crippen MR) is 192 cm³/mol. The summed E-state index contributed by atoms with van der Waals surface area (Å²) >= 11 is 0. The molecule has 11 nitrogen and oxygen atoms in total. The fourth-order valence-electron chi connectivity index (χ4n) is 7.40. The fourth-order valence-corrected chi connectivity index (χ4v) is 7.40. The molecule has 274 valence electrons. The number of amides is 1. The number of aliphatic hydroxyl groups is 1. The van der Waals surface area contributed by atoms with Crippen molar-refractivity contribution in [2.45, 2.75) is 78.2 Å². The Morgan fingerprint density at radius 1 is 1.04 bits per heavy atom. The lowest BCUT2D eigenvalue weighted by molar-refractivity contribution is 0.00864. The number of carbonyl (C=O) groups is 1. The molecule has 2 aliphatic rings. The summed E-state index contributed by atoms with van der Waals surface area (Å²) in [5, 5.41) is 16.7. The topological polar surface area (TPSA) is 117 Å². The maximum Gasteiger partial charge on any atom is 0.410 e. The average Bonchev–Trinajstić information content (AvgIpc) is 3.77. The van der Waals surface area contributed by atoms with Crippen LogP contribution in [0.3, 0.4) is 0 Å². The van der Waals surface area contributed by atoms with Crippen LogP contribution in [0.5, 0.6) is 5.75 Å². The van der Waals surface area contributed by atoms with E-state index in [9.17, 15) is 14.3 Å². The van der Waals surface area contributed by atoms with Crippen molar-refractivity contribution in [1.29, 1.82) is 0 Å². The Bertz CT molecular complexity index is 2210. The number of benzene rings is 2. The van der Waals surface area contributed by atoms with Gasteiger partial charge in [0.15, 0.2) is 0 Å². The van der Waals surface area contributed by atoms with Crippen LogP contribution in [0.2, 0.25) is 0 Å². The highest BCUT2D eigenvalue weighted by atomic mass is 19.1. The Hall–Kier alpha value is -4.88. The van der Waals surface area contributed by atoms with Gasteiger partial charge < -0.3 is 23.9 Å². The van der Waals surface area contributed by atoms with Crippen molar-refractivity contribution in [3.8, 4) is 39.5 Å². The van der Waals surface area contributed by atoms with Gasteiger partial charge in [-0.15, -0.1) is 0 Å². The number of pyridine rings is 1. The van der Waals surface area contributed by atoms with Crippen molar-refractivity contribution in [3.63, 3.8) is 0 Å². The molecule has 3 aromatic heterocycles. The smallest absolute Gasteiger partial charge is 0.410 e. The van der Waals surface area contributed by atoms with Crippen molar-refractivity contribution in [1.82, 2.24) is 29.2 Å². The molecule has 5 aromatic rings. The third kappa shape index (κ3) is 6.19. The Labute approximate surface area is 301 Å². The van der Waals surface area contributed by atoms with E-state index in [2.05, 4.69) is 0 Å². The zero-order valence-corrected chi connectivity index (χ0v) is 30.8. The van der Waals surface area contributed by atoms with E-state index >= 15 is 4.39 Å². The highest BCUT2D eigenvalue weighted by Gasteiger charge is 2.38. The molecule has 0 fully saturated rings. The molecule has 4 heterocycles. The molecular weight excluding hydrogens is 670 g/mol. The molecule has 3 atom stereocenters. The van der Waals surface area contributed by atoms with Crippen molar-refractivity contribution in [2.75, 3.05) is 26.9 Å². The molecule has 0 saturated heterocycles. The van der Waals surface area contributed by atoms with Gasteiger partial charge in [0.05, 0.1) is 58.5 Å². The third-order valence-electron chi connectivity index (χ3n) is 9.94. The number of aryl methyl sites for hydroxylation is 2. The maximum absolute atomic E-state index is 16.3. The van der Waals surface area contributed by atoms with Gasteiger partial charge in [-0.2, -0.15) is 5.10 Å². The average molecular weight is 715 g/mol. The Balaban J connectivity index is 1.48. The van der Waals surface area contributed by atoms with Crippen LogP contribution in [0, 0.1) is 18.6 Å². The Morgan fingerprint density at radius 2 is 1.81 bits per heavy atom. The van der Waals surface area contributed by atoms with Crippen LogP contribution in [0.15, 0.2) is 36.4 Å². The molecule has 0 spiro atoms. The van der Waals surface area contributed by atoms with Crippen LogP contribution in [0.4, 0.5) is 13.6 Å². The number of ether oxygens (including phenoxy) is 3. The van der Waals surface area contributed by atoms with Crippen LogP contribution in [-0.4, -0.2) is 72.9 Å². The first-order chi connectivity index (χ1) is 24.7. The summed E-state index contributed by atoms with van der Waals surface area (Å²) in [5.41, 5.74) is 5.39. The monoisotopic (exact) mass is 714 g/mol. The minimum absolute atomic E-state index is 0.0259. The number of imidazole rings is 1. The lowest BCUT2D eigenvalue weighted by Gasteiger charge is -2.38. The second-order valence-corrected chi connectivity index (χ2v) is 14.7. The number of carbonyl (C=O) groups excluding carboxylic acids is 1. The number of fused-ring (bicyclic) bond motifs is 3. The second kappa shape index (κ2) is 13.3. The van der Waals surface area contributed by atoms with Gasteiger partial charge in [-0.3, -0.25) is 9.58 Å². The molecule has 1 aliphatic heterocycles. The Morgan fingerprint density at radius 3 is 2.54 bits per heavy atom. The summed E-state index contributed by atoms with van der Waals surface area (Å²) in [6.45, 7) is 11.9. The van der Waals surface area contributed by atoms with E-state index in [-0.39, 0.29) is 36.1 Å². The standard InChI is InChI=1S/C39H44F2N6O5/c1-20-19-46(38(49)52-39(4,5)6)21(2)30-18-28(44-47(20)30)37-35(34-26(41)16-24(40)17-32(34)51-14-13-50-8)33-25(10-12-31(33)48)36(43-37)23-9-11-29-27(15-23)42-22(3)45(29)7/h9,11,15-18,20-21,31,48H,10,12-14,19H2,1-8H3/t20-,21+,31?/m0/s1. The summed E-state index contributed by atoms with van der Waals surface area (Å²) in [4.78, 5) is 25.0. The lowest BCUT2D eigenvalue weighted by Crippen LogP contribution is -2.45. The molecule has 1 unspecified atom stereocenters. The van der Waals surface area contributed by atoms with Crippen molar-refractivity contribution >= 4 is 17.1 Å². The minimum Gasteiger partial charge on any atom is -0.490 e. The molecule has 1 N–H and O–H groups in total. The summed E-state index contributed by atoms with van der Waals surface area (Å²) in [6.07, 6.45) is -0.548. The van der Waals surface area contributed by atoms with Crippen LogP contribution >= 0.6 is 0 Å². The number of aromatic nitrogens is 5. The van der Waals surface area contributed by atoms with Crippen molar-refractivity contribution in [2.24, 2.45) is 7.05 Å². The van der Waals surface area contributed by atoms with E-state index in [0.29, 0.717) is 42.0 Å². The van der Waals surface area contributed by atoms with Crippen LogP contribution in [-0.2, 0) is 22.9 Å². The van der Waals surface area contributed by atoms with Gasteiger partial charge in [0.2, 0.25) is 0 Å². The van der Waals surface area contributed by atoms with Gasteiger partial charge in [-0.25, -0.2) is 23.5 Å². The first kappa shape index (κ1) is 35.5. The van der Waals surface area contributed by atoms with E-state index in [1.165, 1.54) is 7.11 Å². The largest absolute Gasteiger partial charge is 0.490 e. The maximum atomic E-state index is 16.3. The number of methoxy groups -OCH3 is 1. The molecule has 1 amide bonds. The zero-order chi connectivity index (χ0) is 37.2. The summed E-state index contributed by atoms with van der Waals surface area (Å²) in [5.74, 6) is -0.856. The molecule has 52 heavy (non-hydrogen) atoms. The minimum atomic E-state index is -0.972. The summed E-state index contributed by atoms with van der Waals surface area (Å²) < 4.78 is 51.8. The van der Waals surface area contributed by atoms with E-state index in [1.54, 1.807) is 4.90 Å². The second-order valence-electron chi connectivity index (χ2n) is 14.7. The number of aliphatic hydroxyl groups excluding tert-OH is 1. The van der Waals surface area contributed by atoms with Crippen LogP contribution in [0.25, 0.3) is 44.8 Å². The number of hydrogen-bond donors (Lipinski definition) is 1. The number of nitrogens with zero attached hydrogens (tertiary/aromatic N) is 6. The number of rotatable bonds is 7. The molecule has 2 aromatic carbocycles. The fraction of sp³-hybridized carbons (Fsp3) is 0.436. The molecule has 1 aliphatic carbocycles. The normalized spacial score (nSPS) is 18.5. The highest BCUT2D eigenvalue weighted by Crippen LogP contribution is 2.50. The third-order valence-corrected chi connectivity index (χ3v) is 9.94. The van der Waals surface area contributed by atoms with Gasteiger partial charge in [0, 0.05) is 44.0 Å². The number of hydrogen-bond acceptors (Lipinski definition) is 8. The van der Waals surface area contributed by atoms with Crippen molar-refractivity contribution < 1.29 is 32.9 Å². The van der Waals surface area contributed by atoms with Gasteiger partial charge in [-0.1, -0.05) is 6.07 Å².